The lowest BCUT2D eigenvalue weighted by Gasteiger charge is -2.15. The summed E-state index contributed by atoms with van der Waals surface area (Å²) in [5.74, 6) is 0.954. The van der Waals surface area contributed by atoms with Gasteiger partial charge in [0.2, 0.25) is 0 Å². The molecule has 0 N–H and O–H groups in total. The Balaban J connectivity index is 3.50. The normalized spacial score (nSPS) is 13.7. The van der Waals surface area contributed by atoms with E-state index in [4.69, 9.17) is 9.47 Å². The molecule has 0 radical (unpaired) electrons. The van der Waals surface area contributed by atoms with Crippen LogP contribution in [0.3, 0.4) is 0 Å². The van der Waals surface area contributed by atoms with Crippen LogP contribution < -0.4 is 0 Å². The minimum atomic E-state index is -0.0728. The molecule has 0 aromatic rings. The Morgan fingerprint density at radius 2 is 0.885 bits per heavy atom. The zero-order valence-corrected chi connectivity index (χ0v) is 18.0. The van der Waals surface area contributed by atoms with Crippen molar-refractivity contribution in [1.82, 2.24) is 0 Å². The second-order valence-electron chi connectivity index (χ2n) is 8.48. The van der Waals surface area contributed by atoms with Gasteiger partial charge in [-0.2, -0.15) is 0 Å². The van der Waals surface area contributed by atoms with E-state index in [-0.39, 0.29) is 24.1 Å². The maximum Gasteiger partial charge on any atom is 0.306 e. The molecule has 2 atom stereocenters. The van der Waals surface area contributed by atoms with E-state index in [1.807, 2.05) is 13.8 Å². The first-order valence-electron chi connectivity index (χ1n) is 10.6. The van der Waals surface area contributed by atoms with E-state index in [2.05, 4.69) is 27.7 Å². The highest BCUT2D eigenvalue weighted by atomic mass is 16.5. The van der Waals surface area contributed by atoms with E-state index >= 15 is 0 Å². The molecular formula is C22H42O4. The lowest BCUT2D eigenvalue weighted by atomic mass is 10.1. The van der Waals surface area contributed by atoms with Gasteiger partial charge in [-0.15, -0.1) is 0 Å². The van der Waals surface area contributed by atoms with Gasteiger partial charge in [0.1, 0.15) is 0 Å². The largest absolute Gasteiger partial charge is 0.463 e. The Morgan fingerprint density at radius 1 is 0.577 bits per heavy atom. The van der Waals surface area contributed by atoms with Crippen molar-refractivity contribution in [1.29, 1.82) is 0 Å². The highest BCUT2D eigenvalue weighted by Gasteiger charge is 2.12. The Kier molecular flexibility index (Phi) is 14.4. The number of unbranched alkanes of at least 4 members (excludes halogenated alkanes) is 5. The molecule has 0 aliphatic carbocycles. The average molecular weight is 371 g/mol. The molecule has 0 aromatic carbocycles. The molecule has 2 unspecified atom stereocenters. The minimum absolute atomic E-state index is 0.0190. The van der Waals surface area contributed by atoms with Crippen LogP contribution in [0.1, 0.15) is 106 Å². The Morgan fingerprint density at radius 3 is 1.19 bits per heavy atom. The Labute approximate surface area is 161 Å². The fraction of sp³-hybridized carbons (Fsp3) is 0.909. The molecule has 154 valence electrons. The molecule has 0 saturated carbocycles. The number of hydrogen-bond donors (Lipinski definition) is 0. The van der Waals surface area contributed by atoms with Crippen LogP contribution in [0.15, 0.2) is 0 Å². The molecule has 0 spiro atoms. The third kappa shape index (κ3) is 16.4. The van der Waals surface area contributed by atoms with Crippen molar-refractivity contribution in [3.8, 4) is 0 Å². The number of esters is 2. The number of ether oxygens (including phenoxy) is 2. The number of rotatable bonds is 15. The summed E-state index contributed by atoms with van der Waals surface area (Å²) in [5.41, 5.74) is 0. The van der Waals surface area contributed by atoms with Gasteiger partial charge in [0.05, 0.1) is 12.2 Å². The van der Waals surface area contributed by atoms with Gasteiger partial charge < -0.3 is 9.47 Å². The van der Waals surface area contributed by atoms with Gasteiger partial charge in [-0.1, -0.05) is 53.4 Å². The molecule has 0 fully saturated rings. The van der Waals surface area contributed by atoms with Gasteiger partial charge in [0, 0.05) is 12.8 Å². The lowest BCUT2D eigenvalue weighted by molar-refractivity contribution is -0.150. The van der Waals surface area contributed by atoms with Crippen molar-refractivity contribution in [2.24, 2.45) is 11.8 Å². The van der Waals surface area contributed by atoms with Gasteiger partial charge in [-0.3, -0.25) is 9.59 Å². The van der Waals surface area contributed by atoms with Gasteiger partial charge >= 0.3 is 11.9 Å². The standard InChI is InChI=1S/C22H42O4/c1-17(2)15-19(5)25-21(23)13-11-9-7-8-10-12-14-22(24)26-20(6)16-18(3)4/h17-20H,7-16H2,1-6H3. The Bertz CT molecular complexity index is 340. The van der Waals surface area contributed by atoms with Gasteiger partial charge in [0.15, 0.2) is 0 Å². The van der Waals surface area contributed by atoms with E-state index in [1.54, 1.807) is 0 Å². The van der Waals surface area contributed by atoms with Crippen LogP contribution in [0.25, 0.3) is 0 Å². The summed E-state index contributed by atoms with van der Waals surface area (Å²) in [5, 5.41) is 0. The Hall–Kier alpha value is -1.06. The van der Waals surface area contributed by atoms with E-state index in [0.717, 1.165) is 51.4 Å². The van der Waals surface area contributed by atoms with Crippen molar-refractivity contribution in [3.05, 3.63) is 0 Å². The first-order chi connectivity index (χ1) is 12.2. The van der Waals surface area contributed by atoms with Crippen LogP contribution in [-0.4, -0.2) is 24.1 Å². The van der Waals surface area contributed by atoms with Crippen LogP contribution in [-0.2, 0) is 19.1 Å². The van der Waals surface area contributed by atoms with Crippen molar-refractivity contribution in [2.75, 3.05) is 0 Å². The molecule has 4 heteroatoms. The molecule has 0 aromatic heterocycles. The molecule has 0 bridgehead atoms. The van der Waals surface area contributed by atoms with Crippen LogP contribution in [0, 0.1) is 11.8 Å². The number of carbonyl (C=O) groups excluding carboxylic acids is 2. The summed E-state index contributed by atoms with van der Waals surface area (Å²) in [6.07, 6.45) is 8.99. The molecular weight excluding hydrogens is 328 g/mol. The summed E-state index contributed by atoms with van der Waals surface area (Å²) >= 11 is 0. The smallest absolute Gasteiger partial charge is 0.306 e. The molecule has 0 saturated heterocycles. The maximum absolute atomic E-state index is 11.7. The molecule has 0 rings (SSSR count). The minimum Gasteiger partial charge on any atom is -0.463 e. The lowest BCUT2D eigenvalue weighted by Crippen LogP contribution is -2.16. The second-order valence-corrected chi connectivity index (χ2v) is 8.48. The van der Waals surface area contributed by atoms with E-state index in [1.165, 1.54) is 0 Å². The second kappa shape index (κ2) is 15.0. The fourth-order valence-electron chi connectivity index (χ4n) is 3.24. The maximum atomic E-state index is 11.7. The highest BCUT2D eigenvalue weighted by molar-refractivity contribution is 5.69. The summed E-state index contributed by atoms with van der Waals surface area (Å²) in [6, 6.07) is 0. The number of hydrogen-bond acceptors (Lipinski definition) is 4. The van der Waals surface area contributed by atoms with E-state index in [0.29, 0.717) is 24.7 Å². The number of carbonyl (C=O) groups is 2. The van der Waals surface area contributed by atoms with Crippen molar-refractivity contribution >= 4 is 11.9 Å². The zero-order chi connectivity index (χ0) is 19.9. The topological polar surface area (TPSA) is 52.6 Å². The van der Waals surface area contributed by atoms with Crippen molar-refractivity contribution < 1.29 is 19.1 Å². The molecule has 0 aliphatic heterocycles. The molecule has 0 aliphatic rings. The fourth-order valence-corrected chi connectivity index (χ4v) is 3.24. The van der Waals surface area contributed by atoms with Gasteiger partial charge in [-0.05, 0) is 51.4 Å². The van der Waals surface area contributed by atoms with Crippen LogP contribution in [0.5, 0.6) is 0 Å². The quantitative estimate of drug-likeness (QED) is 0.259. The van der Waals surface area contributed by atoms with Crippen molar-refractivity contribution in [2.45, 2.75) is 118 Å². The SMILES string of the molecule is CC(C)CC(C)OC(=O)CCCCCCCCC(=O)OC(C)CC(C)C. The summed E-state index contributed by atoms with van der Waals surface area (Å²) in [4.78, 5) is 23.5. The predicted octanol–water partition coefficient (Wildman–Crippen LogP) is 6.06. The summed E-state index contributed by atoms with van der Waals surface area (Å²) < 4.78 is 10.8. The van der Waals surface area contributed by atoms with Crippen molar-refractivity contribution in [3.63, 3.8) is 0 Å². The third-order valence-electron chi connectivity index (χ3n) is 4.28. The van der Waals surface area contributed by atoms with Crippen LogP contribution in [0.2, 0.25) is 0 Å². The first-order valence-corrected chi connectivity index (χ1v) is 10.6. The average Bonchev–Trinajstić information content (AvgIpc) is 2.47. The first kappa shape index (κ1) is 24.9. The monoisotopic (exact) mass is 370 g/mol. The van der Waals surface area contributed by atoms with E-state index < -0.39 is 0 Å². The summed E-state index contributed by atoms with van der Waals surface area (Å²) in [7, 11) is 0. The zero-order valence-electron chi connectivity index (χ0n) is 18.0. The van der Waals surface area contributed by atoms with Crippen LogP contribution in [0.4, 0.5) is 0 Å². The summed E-state index contributed by atoms with van der Waals surface area (Å²) in [6.45, 7) is 12.5. The van der Waals surface area contributed by atoms with E-state index in [9.17, 15) is 9.59 Å². The molecule has 0 amide bonds. The molecule has 0 heterocycles. The third-order valence-corrected chi connectivity index (χ3v) is 4.28. The van der Waals surface area contributed by atoms with Crippen LogP contribution >= 0.6 is 0 Å². The van der Waals surface area contributed by atoms with Gasteiger partial charge in [-0.25, -0.2) is 0 Å². The van der Waals surface area contributed by atoms with Gasteiger partial charge in [0.25, 0.3) is 0 Å². The predicted molar refractivity (Wildman–Crippen MR) is 107 cm³/mol. The highest BCUT2D eigenvalue weighted by Crippen LogP contribution is 2.13. The molecule has 26 heavy (non-hydrogen) atoms. The molecule has 4 nitrogen and oxygen atoms in total.